The molecule has 3 heterocycles. The van der Waals surface area contributed by atoms with Crippen LogP contribution in [-0.4, -0.2) is 48.4 Å². The Morgan fingerprint density at radius 1 is 1.11 bits per heavy atom. The molecule has 2 aromatic carbocycles. The van der Waals surface area contributed by atoms with Gasteiger partial charge in [-0.25, -0.2) is 4.98 Å². The number of hydrogen-bond acceptors (Lipinski definition) is 7. The largest absolute Gasteiger partial charge is 0.482 e. The van der Waals surface area contributed by atoms with Crippen LogP contribution in [0.25, 0.3) is 11.3 Å². The van der Waals surface area contributed by atoms with Crippen molar-refractivity contribution in [3.63, 3.8) is 0 Å². The second kappa shape index (κ2) is 9.14. The molecule has 0 saturated carbocycles. The lowest BCUT2D eigenvalue weighted by atomic mass is 10.0. The van der Waals surface area contributed by atoms with Crippen molar-refractivity contribution in [1.29, 1.82) is 0 Å². The Morgan fingerprint density at radius 2 is 1.89 bits per heavy atom. The number of rotatable bonds is 6. The molecule has 2 aliphatic rings. The molecule has 0 spiro atoms. The van der Waals surface area contributed by atoms with E-state index in [1.165, 1.54) is 4.90 Å². The van der Waals surface area contributed by atoms with Gasteiger partial charge in [0.1, 0.15) is 11.5 Å². The van der Waals surface area contributed by atoms with Crippen LogP contribution in [0, 0.1) is 6.92 Å². The molecule has 0 bridgehead atoms. The molecule has 1 atom stereocenters. The number of amides is 2. The highest BCUT2D eigenvalue weighted by Crippen LogP contribution is 2.38. The summed E-state index contributed by atoms with van der Waals surface area (Å²) in [6.45, 7) is 5.97. The monoisotopic (exact) mass is 491 g/mol. The molecule has 1 aromatic heterocycles. The van der Waals surface area contributed by atoms with Gasteiger partial charge in [-0.2, -0.15) is 0 Å². The lowest BCUT2D eigenvalue weighted by Crippen LogP contribution is -2.46. The minimum absolute atomic E-state index is 0.0158. The minimum atomic E-state index is -0.711. The molecule has 3 aromatic rings. The van der Waals surface area contributed by atoms with E-state index < -0.39 is 6.10 Å². The molecule has 0 N–H and O–H groups in total. The van der Waals surface area contributed by atoms with Gasteiger partial charge in [0.25, 0.3) is 11.8 Å². The summed E-state index contributed by atoms with van der Waals surface area (Å²) in [4.78, 5) is 46.5. The SMILES string of the molecule is CCCN1C(=O)COc2ccc(C(=O)CN3C(=O)C(C)Oc4ccc(-c5csc(C)n5)cc43)cc21. The second-order valence-electron chi connectivity index (χ2n) is 8.56. The van der Waals surface area contributed by atoms with Crippen LogP contribution in [0.2, 0.25) is 0 Å². The van der Waals surface area contributed by atoms with Crippen molar-refractivity contribution in [1.82, 2.24) is 4.98 Å². The van der Waals surface area contributed by atoms with E-state index in [9.17, 15) is 14.4 Å². The summed E-state index contributed by atoms with van der Waals surface area (Å²) in [6.07, 6.45) is 0.0681. The first-order chi connectivity index (χ1) is 16.9. The van der Waals surface area contributed by atoms with Gasteiger partial charge in [0.2, 0.25) is 0 Å². The average Bonchev–Trinajstić information content (AvgIpc) is 3.29. The zero-order valence-electron chi connectivity index (χ0n) is 19.7. The van der Waals surface area contributed by atoms with Crippen LogP contribution in [0.3, 0.4) is 0 Å². The summed E-state index contributed by atoms with van der Waals surface area (Å²) in [7, 11) is 0. The van der Waals surface area contributed by atoms with E-state index in [1.807, 2.05) is 37.4 Å². The molecule has 5 rings (SSSR count). The molecule has 2 aliphatic heterocycles. The second-order valence-corrected chi connectivity index (χ2v) is 9.62. The highest BCUT2D eigenvalue weighted by atomic mass is 32.1. The van der Waals surface area contributed by atoms with Gasteiger partial charge in [0.05, 0.1) is 28.6 Å². The topological polar surface area (TPSA) is 89.0 Å². The van der Waals surface area contributed by atoms with E-state index in [0.717, 1.165) is 22.7 Å². The maximum absolute atomic E-state index is 13.4. The lowest BCUT2D eigenvalue weighted by Gasteiger charge is -2.33. The number of ether oxygens (including phenoxy) is 2. The van der Waals surface area contributed by atoms with Gasteiger partial charge in [0, 0.05) is 23.1 Å². The molecule has 9 heteroatoms. The fourth-order valence-electron chi connectivity index (χ4n) is 4.30. The Bertz CT molecular complexity index is 1330. The van der Waals surface area contributed by atoms with Crippen molar-refractivity contribution < 1.29 is 23.9 Å². The minimum Gasteiger partial charge on any atom is -0.482 e. The van der Waals surface area contributed by atoms with Gasteiger partial charge in [-0.3, -0.25) is 19.3 Å². The molecule has 0 fully saturated rings. The molecular weight excluding hydrogens is 466 g/mol. The van der Waals surface area contributed by atoms with Gasteiger partial charge in [-0.15, -0.1) is 11.3 Å². The summed E-state index contributed by atoms with van der Waals surface area (Å²) < 4.78 is 11.3. The van der Waals surface area contributed by atoms with Crippen LogP contribution < -0.4 is 19.3 Å². The number of anilines is 2. The summed E-state index contributed by atoms with van der Waals surface area (Å²) in [5, 5.41) is 2.90. The Balaban J connectivity index is 1.47. The number of ketones is 1. The van der Waals surface area contributed by atoms with E-state index in [0.29, 0.717) is 35.0 Å². The molecule has 35 heavy (non-hydrogen) atoms. The summed E-state index contributed by atoms with van der Waals surface area (Å²) in [5.74, 6) is 0.436. The highest BCUT2D eigenvalue weighted by molar-refractivity contribution is 7.09. The van der Waals surface area contributed by atoms with Crippen LogP contribution in [0.4, 0.5) is 11.4 Å². The van der Waals surface area contributed by atoms with Crippen LogP contribution in [0.1, 0.15) is 35.6 Å². The van der Waals surface area contributed by atoms with Crippen LogP contribution in [0.15, 0.2) is 41.8 Å². The van der Waals surface area contributed by atoms with E-state index in [2.05, 4.69) is 4.98 Å². The third kappa shape index (κ3) is 4.27. The van der Waals surface area contributed by atoms with E-state index in [1.54, 1.807) is 41.4 Å². The fourth-order valence-corrected chi connectivity index (χ4v) is 4.93. The number of Topliss-reactive ketones (excluding diaryl/α,β-unsaturated/α-hetero) is 1. The van der Waals surface area contributed by atoms with E-state index >= 15 is 0 Å². The molecule has 180 valence electrons. The van der Waals surface area contributed by atoms with Crippen molar-refractivity contribution >= 4 is 40.3 Å². The normalized spacial score (nSPS) is 16.9. The number of nitrogens with zero attached hydrogens (tertiary/aromatic N) is 3. The number of hydrogen-bond donors (Lipinski definition) is 0. The van der Waals surface area contributed by atoms with Crippen molar-refractivity contribution in [2.45, 2.75) is 33.3 Å². The number of aromatic nitrogens is 1. The Kier molecular flexibility index (Phi) is 6.02. The smallest absolute Gasteiger partial charge is 0.268 e. The molecule has 8 nitrogen and oxygen atoms in total. The maximum atomic E-state index is 13.4. The first kappa shape index (κ1) is 23.0. The van der Waals surface area contributed by atoms with Gasteiger partial charge >= 0.3 is 0 Å². The van der Waals surface area contributed by atoms with Crippen LogP contribution in [0.5, 0.6) is 11.5 Å². The third-order valence-electron chi connectivity index (χ3n) is 6.05. The molecule has 0 saturated heterocycles. The van der Waals surface area contributed by atoms with E-state index in [4.69, 9.17) is 9.47 Å². The van der Waals surface area contributed by atoms with Gasteiger partial charge in [0.15, 0.2) is 18.5 Å². The Labute approximate surface area is 207 Å². The number of carbonyl (C=O) groups excluding carboxylic acids is 3. The Morgan fingerprint density at radius 3 is 2.63 bits per heavy atom. The maximum Gasteiger partial charge on any atom is 0.268 e. The molecular formula is C26H25N3O5S. The van der Waals surface area contributed by atoms with Crippen LogP contribution >= 0.6 is 11.3 Å². The van der Waals surface area contributed by atoms with Crippen molar-refractivity contribution in [2.75, 3.05) is 29.5 Å². The summed E-state index contributed by atoms with van der Waals surface area (Å²) in [5.41, 5.74) is 3.17. The molecule has 0 aliphatic carbocycles. The summed E-state index contributed by atoms with van der Waals surface area (Å²) >= 11 is 1.55. The van der Waals surface area contributed by atoms with Crippen molar-refractivity contribution in [3.05, 3.63) is 52.3 Å². The van der Waals surface area contributed by atoms with Crippen molar-refractivity contribution in [3.8, 4) is 22.8 Å². The molecule has 2 amide bonds. The Hall–Kier alpha value is -3.72. The number of carbonyl (C=O) groups is 3. The molecule has 1 unspecified atom stereocenters. The standard InChI is InChI=1S/C26H25N3O5S/c1-4-9-28-20-11-18(6-7-23(20)33-13-25(28)31)22(30)12-29-21-10-17(19-14-35-16(3)27-19)5-8-24(21)34-15(2)26(29)32/h5-8,10-11,14-15H,4,9,12-13H2,1-3H3. The zero-order valence-corrected chi connectivity index (χ0v) is 20.6. The van der Waals surface area contributed by atoms with Crippen LogP contribution in [-0.2, 0) is 9.59 Å². The number of fused-ring (bicyclic) bond motifs is 2. The quantitative estimate of drug-likeness (QED) is 0.479. The van der Waals surface area contributed by atoms with Gasteiger partial charge in [-0.05, 0) is 56.7 Å². The molecule has 0 radical (unpaired) electrons. The number of benzene rings is 2. The first-order valence-electron chi connectivity index (χ1n) is 11.5. The van der Waals surface area contributed by atoms with Gasteiger partial charge in [-0.1, -0.05) is 6.92 Å². The zero-order chi connectivity index (χ0) is 24.7. The lowest BCUT2D eigenvalue weighted by molar-refractivity contribution is -0.125. The van der Waals surface area contributed by atoms with E-state index in [-0.39, 0.29) is 30.7 Å². The predicted molar refractivity (Wildman–Crippen MR) is 134 cm³/mol. The average molecular weight is 492 g/mol. The van der Waals surface area contributed by atoms with Crippen molar-refractivity contribution in [2.24, 2.45) is 0 Å². The number of thiazole rings is 1. The fraction of sp³-hybridized carbons (Fsp3) is 0.308. The summed E-state index contributed by atoms with van der Waals surface area (Å²) in [6, 6.07) is 10.6. The predicted octanol–water partition coefficient (Wildman–Crippen LogP) is 4.25. The number of aryl methyl sites for hydroxylation is 1. The van der Waals surface area contributed by atoms with Gasteiger partial charge < -0.3 is 14.4 Å². The third-order valence-corrected chi connectivity index (χ3v) is 6.83. The first-order valence-corrected chi connectivity index (χ1v) is 12.4. The highest BCUT2D eigenvalue weighted by Gasteiger charge is 2.34.